The van der Waals surface area contributed by atoms with Crippen LogP contribution in [0.2, 0.25) is 0 Å². The Hall–Kier alpha value is -1.55. The average Bonchev–Trinajstić information content (AvgIpc) is 2.17. The topological polar surface area (TPSA) is 66.8 Å². The van der Waals surface area contributed by atoms with Crippen molar-refractivity contribution in [2.24, 2.45) is 0 Å². The Labute approximate surface area is 80.7 Å². The molecule has 14 heavy (non-hydrogen) atoms. The minimum Gasteiger partial charge on any atom is -0.479 e. The van der Waals surface area contributed by atoms with Gasteiger partial charge in [0.15, 0.2) is 6.10 Å². The summed E-state index contributed by atoms with van der Waals surface area (Å²) in [5.74, 6) is -0.586. The van der Waals surface area contributed by atoms with Crippen LogP contribution in [0.4, 0.5) is 0 Å². The van der Waals surface area contributed by atoms with Crippen molar-refractivity contribution in [1.29, 1.82) is 0 Å². The molecule has 0 saturated carbocycles. The Bertz CT molecular complexity index is 361. The molecule has 0 spiro atoms. The van der Waals surface area contributed by atoms with Gasteiger partial charge in [-0.15, -0.1) is 0 Å². The van der Waals surface area contributed by atoms with E-state index in [1.807, 2.05) is 0 Å². The van der Waals surface area contributed by atoms with Crippen LogP contribution < -0.4 is 4.74 Å². The highest BCUT2D eigenvalue weighted by Crippen LogP contribution is 2.34. The van der Waals surface area contributed by atoms with E-state index in [9.17, 15) is 9.90 Å². The summed E-state index contributed by atoms with van der Waals surface area (Å²) in [6, 6.07) is 6.92. The van der Waals surface area contributed by atoms with Crippen LogP contribution in [-0.4, -0.2) is 22.3 Å². The highest BCUT2D eigenvalue weighted by Gasteiger charge is 2.30. The molecule has 0 bridgehead atoms. The van der Waals surface area contributed by atoms with Crippen molar-refractivity contribution in [1.82, 2.24) is 0 Å². The van der Waals surface area contributed by atoms with Crippen molar-refractivity contribution >= 4 is 5.97 Å². The number of para-hydroxylation sites is 1. The summed E-state index contributed by atoms with van der Waals surface area (Å²) in [6.07, 6.45) is -1.59. The molecule has 0 aliphatic carbocycles. The van der Waals surface area contributed by atoms with Gasteiger partial charge in [-0.2, -0.15) is 0 Å². The number of aliphatic carboxylic acids is 1. The van der Waals surface area contributed by atoms with Crippen LogP contribution >= 0.6 is 0 Å². The molecule has 74 valence electrons. The van der Waals surface area contributed by atoms with E-state index >= 15 is 0 Å². The van der Waals surface area contributed by atoms with Crippen LogP contribution in [0.25, 0.3) is 0 Å². The van der Waals surface area contributed by atoms with Gasteiger partial charge in [0.1, 0.15) is 5.75 Å². The number of hydrogen-bond acceptors (Lipinski definition) is 3. The first kappa shape index (κ1) is 9.02. The second-order valence-electron chi connectivity index (χ2n) is 3.23. The van der Waals surface area contributed by atoms with E-state index in [4.69, 9.17) is 9.84 Å². The summed E-state index contributed by atoms with van der Waals surface area (Å²) < 4.78 is 5.20. The third-order valence-electron chi connectivity index (χ3n) is 2.26. The molecule has 1 aliphatic rings. The van der Waals surface area contributed by atoms with Gasteiger partial charge in [0, 0.05) is 12.0 Å². The van der Waals surface area contributed by atoms with E-state index in [0.717, 1.165) is 0 Å². The minimum absolute atomic E-state index is 0.104. The molecule has 4 nitrogen and oxygen atoms in total. The Morgan fingerprint density at radius 2 is 2.14 bits per heavy atom. The third-order valence-corrected chi connectivity index (χ3v) is 2.26. The van der Waals surface area contributed by atoms with Crippen LogP contribution in [0, 0.1) is 0 Å². The van der Waals surface area contributed by atoms with Crippen molar-refractivity contribution in [3.63, 3.8) is 0 Å². The number of fused-ring (bicyclic) bond motifs is 1. The van der Waals surface area contributed by atoms with E-state index < -0.39 is 18.2 Å². The van der Waals surface area contributed by atoms with Crippen LogP contribution in [0.1, 0.15) is 18.1 Å². The highest BCUT2D eigenvalue weighted by molar-refractivity contribution is 5.73. The largest absolute Gasteiger partial charge is 0.479 e. The van der Waals surface area contributed by atoms with Gasteiger partial charge in [0.05, 0.1) is 6.10 Å². The van der Waals surface area contributed by atoms with Gasteiger partial charge in [-0.25, -0.2) is 4.79 Å². The summed E-state index contributed by atoms with van der Waals surface area (Å²) in [5.41, 5.74) is 0.657. The fourth-order valence-corrected chi connectivity index (χ4v) is 1.55. The zero-order chi connectivity index (χ0) is 10.1. The molecule has 0 fully saturated rings. The summed E-state index contributed by atoms with van der Waals surface area (Å²) in [4.78, 5) is 10.7. The fraction of sp³-hybridized carbons (Fsp3) is 0.300. The molecule has 2 N–H and O–H groups in total. The lowest BCUT2D eigenvalue weighted by atomic mass is 9.99. The SMILES string of the molecule is O=C(O)[C@H]1C[C@H](O)c2ccccc2O1. The van der Waals surface area contributed by atoms with Gasteiger partial charge >= 0.3 is 5.97 Å². The first-order valence-electron chi connectivity index (χ1n) is 4.35. The third kappa shape index (κ3) is 1.44. The number of aliphatic hydroxyl groups excluding tert-OH is 1. The summed E-state index contributed by atoms with van der Waals surface area (Å²) >= 11 is 0. The molecule has 0 saturated heterocycles. The molecule has 4 heteroatoms. The molecule has 1 aromatic rings. The highest BCUT2D eigenvalue weighted by atomic mass is 16.5. The Morgan fingerprint density at radius 3 is 2.86 bits per heavy atom. The van der Waals surface area contributed by atoms with Crippen molar-refractivity contribution < 1.29 is 19.7 Å². The lowest BCUT2D eigenvalue weighted by molar-refractivity contribution is -0.147. The van der Waals surface area contributed by atoms with Crippen LogP contribution in [-0.2, 0) is 4.79 Å². The van der Waals surface area contributed by atoms with Crippen molar-refractivity contribution in [2.45, 2.75) is 18.6 Å². The first-order valence-corrected chi connectivity index (χ1v) is 4.35. The molecular formula is C10H10O4. The van der Waals surface area contributed by atoms with E-state index in [0.29, 0.717) is 11.3 Å². The zero-order valence-electron chi connectivity index (χ0n) is 7.38. The maximum absolute atomic E-state index is 10.7. The zero-order valence-corrected chi connectivity index (χ0v) is 7.38. The normalized spacial score (nSPS) is 24.9. The number of carbonyl (C=O) groups is 1. The van der Waals surface area contributed by atoms with Gasteiger partial charge < -0.3 is 14.9 Å². The lowest BCUT2D eigenvalue weighted by Gasteiger charge is -2.26. The predicted octanol–water partition coefficient (Wildman–Crippen LogP) is 0.956. The maximum Gasteiger partial charge on any atom is 0.345 e. The van der Waals surface area contributed by atoms with Crippen LogP contribution in [0.5, 0.6) is 5.75 Å². The summed E-state index contributed by atoms with van der Waals surface area (Å²) in [6.45, 7) is 0. The number of aliphatic hydroxyl groups is 1. The summed E-state index contributed by atoms with van der Waals surface area (Å²) in [5, 5.41) is 18.4. The first-order chi connectivity index (χ1) is 6.68. The number of benzene rings is 1. The molecule has 1 aromatic carbocycles. The second kappa shape index (κ2) is 3.31. The van der Waals surface area contributed by atoms with Crippen LogP contribution in [0.15, 0.2) is 24.3 Å². The van der Waals surface area contributed by atoms with Crippen molar-refractivity contribution in [2.75, 3.05) is 0 Å². The van der Waals surface area contributed by atoms with Gasteiger partial charge in [-0.3, -0.25) is 0 Å². The van der Waals surface area contributed by atoms with E-state index in [2.05, 4.69) is 0 Å². The number of rotatable bonds is 1. The smallest absolute Gasteiger partial charge is 0.345 e. The Morgan fingerprint density at radius 1 is 1.43 bits per heavy atom. The molecular weight excluding hydrogens is 184 g/mol. The lowest BCUT2D eigenvalue weighted by Crippen LogP contribution is -2.32. The molecule has 2 rings (SSSR count). The van der Waals surface area contributed by atoms with Crippen molar-refractivity contribution in [3.8, 4) is 5.75 Å². The Kier molecular flexibility index (Phi) is 2.13. The quantitative estimate of drug-likeness (QED) is 0.698. The van der Waals surface area contributed by atoms with Gasteiger partial charge in [0.2, 0.25) is 0 Å². The van der Waals surface area contributed by atoms with E-state index in [1.54, 1.807) is 24.3 Å². The van der Waals surface area contributed by atoms with Gasteiger partial charge in [-0.05, 0) is 6.07 Å². The number of ether oxygens (including phenoxy) is 1. The van der Waals surface area contributed by atoms with E-state index in [-0.39, 0.29) is 6.42 Å². The Balaban J connectivity index is 2.33. The average molecular weight is 194 g/mol. The van der Waals surface area contributed by atoms with Gasteiger partial charge in [-0.1, -0.05) is 18.2 Å². The fourth-order valence-electron chi connectivity index (χ4n) is 1.55. The molecule has 0 amide bonds. The van der Waals surface area contributed by atoms with Gasteiger partial charge in [0.25, 0.3) is 0 Å². The van der Waals surface area contributed by atoms with E-state index in [1.165, 1.54) is 0 Å². The molecule has 2 atom stereocenters. The maximum atomic E-state index is 10.7. The monoisotopic (exact) mass is 194 g/mol. The second-order valence-corrected chi connectivity index (χ2v) is 3.23. The number of hydrogen-bond donors (Lipinski definition) is 2. The summed E-state index contributed by atoms with van der Waals surface area (Å²) in [7, 11) is 0. The molecule has 1 aliphatic heterocycles. The minimum atomic E-state index is -1.04. The van der Waals surface area contributed by atoms with Crippen LogP contribution in [0.3, 0.4) is 0 Å². The molecule has 1 heterocycles. The molecule has 0 unspecified atom stereocenters. The molecule has 0 aromatic heterocycles. The predicted molar refractivity (Wildman–Crippen MR) is 48.1 cm³/mol. The standard InChI is InChI=1S/C10H10O4/c11-7-5-9(10(12)13)14-8-4-2-1-3-6(7)8/h1-4,7,9,11H,5H2,(H,12,13)/t7-,9+/m0/s1. The number of carboxylic acid groups (broad SMARTS) is 1. The number of carboxylic acids is 1. The molecule has 0 radical (unpaired) electrons. The van der Waals surface area contributed by atoms with Crippen molar-refractivity contribution in [3.05, 3.63) is 29.8 Å².